The molecule has 0 aliphatic heterocycles. The number of benzene rings is 3. The van der Waals surface area contributed by atoms with Crippen molar-refractivity contribution in [1.82, 2.24) is 0 Å². The van der Waals surface area contributed by atoms with Gasteiger partial charge < -0.3 is 20.5 Å². The summed E-state index contributed by atoms with van der Waals surface area (Å²) < 4.78 is 75.3. The fraction of sp³-hybridized carbons (Fsp3) is 0.429. The summed E-state index contributed by atoms with van der Waals surface area (Å²) >= 11 is 6.32. The first kappa shape index (κ1) is 37.6. The Morgan fingerprint density at radius 2 is 1.40 bits per heavy atom. The van der Waals surface area contributed by atoms with Crippen LogP contribution in [0.2, 0.25) is 5.02 Å². The largest absolute Gasteiger partial charge is 0.506 e. The van der Waals surface area contributed by atoms with E-state index >= 15 is 0 Å². The molecule has 0 aliphatic rings. The van der Waals surface area contributed by atoms with Crippen LogP contribution in [0, 0.1) is 29.1 Å². The first-order valence-corrected chi connectivity index (χ1v) is 15.8. The molecule has 2 amide bonds. The number of anilines is 2. The summed E-state index contributed by atoms with van der Waals surface area (Å²) in [5.74, 6) is -14.2. The van der Waals surface area contributed by atoms with Crippen molar-refractivity contribution in [2.24, 2.45) is 0 Å². The second-order valence-electron chi connectivity index (χ2n) is 12.7. The molecule has 1 unspecified atom stereocenters. The molecule has 3 N–H and O–H groups in total. The lowest BCUT2D eigenvalue weighted by atomic mass is 9.76. The monoisotopic (exact) mass is 682 g/mol. The Morgan fingerprint density at radius 3 is 1.96 bits per heavy atom. The fourth-order valence-electron chi connectivity index (χ4n) is 4.72. The number of hydrogen-bond donors (Lipinski definition) is 3. The van der Waals surface area contributed by atoms with Crippen LogP contribution in [0.5, 0.6) is 11.5 Å². The van der Waals surface area contributed by atoms with E-state index < -0.39 is 64.0 Å². The molecule has 12 heteroatoms. The number of phenolic OH excluding ortho intramolecular Hbond substituents is 1. The van der Waals surface area contributed by atoms with Crippen LogP contribution in [-0.2, 0) is 15.6 Å². The minimum Gasteiger partial charge on any atom is -0.506 e. The SMILES string of the molecule is CCCCC(Oc1ccc(C(C)(C)CC)cc1C(C)(C)CC)C(=O)Nc1cc(O)c(NC(=O)c2c(F)c(F)c(F)c(F)c2F)cc1Cl. The van der Waals surface area contributed by atoms with Gasteiger partial charge >= 0.3 is 0 Å². The number of ether oxygens (including phenoxy) is 1. The Morgan fingerprint density at radius 1 is 0.830 bits per heavy atom. The Kier molecular flexibility index (Phi) is 11.9. The lowest BCUT2D eigenvalue weighted by Gasteiger charge is -2.31. The van der Waals surface area contributed by atoms with Crippen LogP contribution in [0.15, 0.2) is 30.3 Å². The predicted molar refractivity (Wildman–Crippen MR) is 173 cm³/mol. The summed E-state index contributed by atoms with van der Waals surface area (Å²) in [6.07, 6.45) is 2.58. The van der Waals surface area contributed by atoms with Crippen LogP contribution in [-0.4, -0.2) is 23.0 Å². The van der Waals surface area contributed by atoms with E-state index in [0.717, 1.165) is 42.5 Å². The molecule has 6 nitrogen and oxygen atoms in total. The summed E-state index contributed by atoms with van der Waals surface area (Å²) in [7, 11) is 0. The van der Waals surface area contributed by atoms with Crippen molar-refractivity contribution in [2.75, 3.05) is 10.6 Å². The average Bonchev–Trinajstić information content (AvgIpc) is 3.03. The molecule has 0 aliphatic carbocycles. The van der Waals surface area contributed by atoms with Crippen LogP contribution in [0.3, 0.4) is 0 Å². The highest BCUT2D eigenvalue weighted by Crippen LogP contribution is 2.40. The van der Waals surface area contributed by atoms with E-state index in [1.807, 2.05) is 24.4 Å². The number of amides is 2. The normalized spacial score (nSPS) is 12.5. The van der Waals surface area contributed by atoms with E-state index in [2.05, 4.69) is 52.9 Å². The van der Waals surface area contributed by atoms with Crippen molar-refractivity contribution < 1.29 is 41.4 Å². The highest BCUT2D eigenvalue weighted by atomic mass is 35.5. The quantitative estimate of drug-likeness (QED) is 0.0725. The zero-order chi connectivity index (χ0) is 35.4. The number of hydrogen-bond acceptors (Lipinski definition) is 4. The van der Waals surface area contributed by atoms with Crippen LogP contribution < -0.4 is 15.4 Å². The number of nitrogens with one attached hydrogen (secondary N) is 2. The first-order valence-electron chi connectivity index (χ1n) is 15.4. The number of unbranched alkanes of at least 4 members (excludes halogenated alkanes) is 1. The maximum Gasteiger partial charge on any atom is 0.265 e. The third-order valence-corrected chi connectivity index (χ3v) is 8.98. The van der Waals surface area contributed by atoms with Gasteiger partial charge in [-0.2, -0.15) is 0 Å². The van der Waals surface area contributed by atoms with Gasteiger partial charge in [-0.05, 0) is 54.2 Å². The number of carbonyl (C=O) groups excluding carboxylic acids is 2. The van der Waals surface area contributed by atoms with Crippen LogP contribution in [0.25, 0.3) is 0 Å². The van der Waals surface area contributed by atoms with Gasteiger partial charge in [0.05, 0.1) is 16.4 Å². The van der Waals surface area contributed by atoms with Crippen molar-refractivity contribution in [3.63, 3.8) is 0 Å². The molecule has 3 rings (SSSR count). The highest BCUT2D eigenvalue weighted by Gasteiger charge is 2.32. The third kappa shape index (κ3) is 8.17. The Bertz CT molecular complexity index is 1630. The lowest BCUT2D eigenvalue weighted by molar-refractivity contribution is -0.123. The van der Waals surface area contributed by atoms with E-state index in [-0.39, 0.29) is 21.5 Å². The van der Waals surface area contributed by atoms with Gasteiger partial charge in [-0.3, -0.25) is 9.59 Å². The molecule has 0 aromatic heterocycles. The molecular weight excluding hydrogens is 643 g/mol. The molecule has 0 radical (unpaired) electrons. The molecule has 256 valence electrons. The van der Waals surface area contributed by atoms with Gasteiger partial charge in [-0.1, -0.05) is 78.6 Å². The topological polar surface area (TPSA) is 87.7 Å². The van der Waals surface area contributed by atoms with E-state index in [9.17, 15) is 36.6 Å². The summed E-state index contributed by atoms with van der Waals surface area (Å²) in [4.78, 5) is 26.1. The van der Waals surface area contributed by atoms with E-state index in [0.29, 0.717) is 18.6 Å². The van der Waals surface area contributed by atoms with Crippen molar-refractivity contribution in [3.8, 4) is 11.5 Å². The van der Waals surface area contributed by atoms with Crippen LogP contribution >= 0.6 is 11.6 Å². The summed E-state index contributed by atoms with van der Waals surface area (Å²) in [5, 5.41) is 14.8. The molecule has 0 bridgehead atoms. The minimum atomic E-state index is -2.42. The molecular formula is C35H40ClF5N2O4. The Balaban J connectivity index is 1.91. The van der Waals surface area contributed by atoms with Crippen LogP contribution in [0.1, 0.15) is 102 Å². The first-order chi connectivity index (χ1) is 21.9. The van der Waals surface area contributed by atoms with Crippen LogP contribution in [0.4, 0.5) is 33.3 Å². The second-order valence-corrected chi connectivity index (χ2v) is 13.1. The number of phenols is 1. The molecule has 0 spiro atoms. The number of rotatable bonds is 13. The zero-order valence-electron chi connectivity index (χ0n) is 27.4. The molecule has 0 fully saturated rings. The summed E-state index contributed by atoms with van der Waals surface area (Å²) in [6.45, 7) is 14.7. The van der Waals surface area contributed by atoms with Crippen molar-refractivity contribution in [2.45, 2.75) is 97.5 Å². The van der Waals surface area contributed by atoms with E-state index in [1.54, 1.807) is 0 Å². The lowest BCUT2D eigenvalue weighted by Crippen LogP contribution is -2.34. The van der Waals surface area contributed by atoms with Crippen molar-refractivity contribution in [1.29, 1.82) is 0 Å². The van der Waals surface area contributed by atoms with Crippen molar-refractivity contribution >= 4 is 34.8 Å². The Labute approximate surface area is 276 Å². The number of halogens is 6. The van der Waals surface area contributed by atoms with Gasteiger partial charge in [0.15, 0.2) is 29.4 Å². The van der Waals surface area contributed by atoms with Gasteiger partial charge in [0, 0.05) is 11.6 Å². The molecule has 0 saturated heterocycles. The van der Waals surface area contributed by atoms with Gasteiger partial charge in [-0.25, -0.2) is 22.0 Å². The van der Waals surface area contributed by atoms with Crippen molar-refractivity contribution in [3.05, 3.63) is 81.1 Å². The van der Waals surface area contributed by atoms with Gasteiger partial charge in [0.1, 0.15) is 17.1 Å². The van der Waals surface area contributed by atoms with E-state index in [1.165, 1.54) is 0 Å². The molecule has 0 saturated carbocycles. The third-order valence-electron chi connectivity index (χ3n) is 8.67. The molecule has 0 heterocycles. The van der Waals surface area contributed by atoms with Gasteiger partial charge in [0.2, 0.25) is 5.82 Å². The van der Waals surface area contributed by atoms with Gasteiger partial charge in [-0.15, -0.1) is 0 Å². The smallest absolute Gasteiger partial charge is 0.265 e. The average molecular weight is 683 g/mol. The zero-order valence-corrected chi connectivity index (χ0v) is 28.2. The highest BCUT2D eigenvalue weighted by molar-refractivity contribution is 6.34. The summed E-state index contributed by atoms with van der Waals surface area (Å²) in [5.41, 5.74) is -0.583. The molecule has 47 heavy (non-hydrogen) atoms. The fourth-order valence-corrected chi connectivity index (χ4v) is 4.93. The second kappa shape index (κ2) is 14.9. The molecule has 3 aromatic carbocycles. The minimum absolute atomic E-state index is 0.0752. The molecule has 3 aromatic rings. The maximum atomic E-state index is 14.1. The number of aromatic hydroxyl groups is 1. The van der Waals surface area contributed by atoms with Gasteiger partial charge in [0.25, 0.3) is 11.8 Å². The number of carbonyl (C=O) groups is 2. The standard InChI is InChI=1S/C35H40ClF5N2O4/c1-8-11-12-25(47-24-14-13-18(34(4,5)9-2)15-19(24)35(6,7)10-3)32(45)42-21-17-23(44)22(16-20(21)36)43-33(46)26-27(37)29(39)31(41)30(40)28(26)38/h13-17,25,44H,8-12H2,1-7H3,(H,42,45)(H,43,46). The Hall–Kier alpha value is -3.86. The summed E-state index contributed by atoms with van der Waals surface area (Å²) in [6, 6.07) is 7.93. The predicted octanol–water partition coefficient (Wildman–Crippen LogP) is 9.94. The van der Waals surface area contributed by atoms with E-state index in [4.69, 9.17) is 16.3 Å². The molecule has 1 atom stereocenters. The maximum absolute atomic E-state index is 14.1.